The van der Waals surface area contributed by atoms with Gasteiger partial charge in [0.1, 0.15) is 5.60 Å². The van der Waals surface area contributed by atoms with E-state index in [1.54, 1.807) is 4.90 Å². The van der Waals surface area contributed by atoms with Crippen molar-refractivity contribution in [1.82, 2.24) is 24.9 Å². The number of carbonyl (C=O) groups excluding carboxylic acids is 2. The number of rotatable bonds is 3. The maximum atomic E-state index is 12.9. The highest BCUT2D eigenvalue weighted by Crippen LogP contribution is 2.23. The van der Waals surface area contributed by atoms with Crippen LogP contribution in [0.2, 0.25) is 0 Å². The van der Waals surface area contributed by atoms with Crippen molar-refractivity contribution in [2.24, 2.45) is 0 Å². The lowest BCUT2D eigenvalue weighted by molar-refractivity contribution is 0.0221. The fraction of sp³-hybridized carbons (Fsp3) is 0.722. The van der Waals surface area contributed by atoms with Crippen LogP contribution in [0.4, 0.5) is 4.79 Å². The van der Waals surface area contributed by atoms with E-state index < -0.39 is 5.60 Å². The molecule has 0 radical (unpaired) electrons. The van der Waals surface area contributed by atoms with Crippen LogP contribution >= 0.6 is 0 Å². The highest BCUT2D eigenvalue weighted by Gasteiger charge is 2.32. The van der Waals surface area contributed by atoms with Crippen molar-refractivity contribution in [1.29, 1.82) is 0 Å². The maximum Gasteiger partial charge on any atom is 0.410 e. The summed E-state index contributed by atoms with van der Waals surface area (Å²) in [5.41, 5.74) is 1.63. The van der Waals surface area contributed by atoms with Crippen molar-refractivity contribution in [2.45, 2.75) is 39.3 Å². The molecule has 0 bridgehead atoms. The second kappa shape index (κ2) is 7.85. The highest BCUT2D eigenvalue weighted by atomic mass is 16.6. The molecule has 9 nitrogen and oxygen atoms in total. The lowest BCUT2D eigenvalue weighted by Gasteiger charge is -2.34. The van der Waals surface area contributed by atoms with E-state index in [2.05, 4.69) is 15.1 Å². The fourth-order valence-corrected chi connectivity index (χ4v) is 3.44. The van der Waals surface area contributed by atoms with Crippen molar-refractivity contribution in [2.75, 3.05) is 45.9 Å². The van der Waals surface area contributed by atoms with Gasteiger partial charge in [0.25, 0.3) is 5.91 Å². The molecule has 2 aliphatic heterocycles. The number of aliphatic hydroxyl groups is 1. The van der Waals surface area contributed by atoms with Gasteiger partial charge >= 0.3 is 6.09 Å². The van der Waals surface area contributed by atoms with Gasteiger partial charge in [0.05, 0.1) is 18.8 Å². The Balaban J connectivity index is 1.63. The lowest BCUT2D eigenvalue weighted by atomic mass is 10.0. The summed E-state index contributed by atoms with van der Waals surface area (Å²) in [5.74, 6) is -0.0677. The third-order valence-electron chi connectivity index (χ3n) is 4.86. The molecule has 0 spiro atoms. The number of amides is 2. The number of H-pyrrole nitrogens is 1. The number of fused-ring (bicyclic) bond motifs is 1. The van der Waals surface area contributed by atoms with E-state index in [-0.39, 0.29) is 18.6 Å². The third-order valence-corrected chi connectivity index (χ3v) is 4.86. The van der Waals surface area contributed by atoms with Gasteiger partial charge < -0.3 is 19.6 Å². The number of β-amino-alcohol motifs (C(OH)–C–C–N with tert-alkyl or cyclic N) is 1. The normalized spacial score (nSPS) is 18.4. The number of aliphatic hydroxyl groups excluding tert-OH is 1. The minimum absolute atomic E-state index is 0.0677. The number of hydrogen-bond donors (Lipinski definition) is 2. The van der Waals surface area contributed by atoms with Crippen LogP contribution in [0.25, 0.3) is 0 Å². The van der Waals surface area contributed by atoms with E-state index in [1.165, 1.54) is 0 Å². The van der Waals surface area contributed by atoms with Crippen LogP contribution in [0.15, 0.2) is 0 Å². The molecule has 3 rings (SSSR count). The van der Waals surface area contributed by atoms with Crippen LogP contribution in [-0.2, 0) is 17.7 Å². The summed E-state index contributed by atoms with van der Waals surface area (Å²) in [7, 11) is 0. The molecule has 9 heteroatoms. The number of aromatic nitrogens is 2. The molecule has 2 amide bonds. The van der Waals surface area contributed by atoms with Crippen LogP contribution in [0.1, 0.15) is 42.5 Å². The van der Waals surface area contributed by atoms with Gasteiger partial charge in [0, 0.05) is 44.8 Å². The second-order valence-corrected chi connectivity index (χ2v) is 8.04. The van der Waals surface area contributed by atoms with Crippen LogP contribution in [-0.4, -0.2) is 93.5 Å². The molecular weight excluding hydrogens is 350 g/mol. The summed E-state index contributed by atoms with van der Waals surface area (Å²) in [4.78, 5) is 30.7. The molecule has 0 saturated carbocycles. The molecular formula is C18H29N5O4. The Kier molecular flexibility index (Phi) is 5.71. The zero-order valence-corrected chi connectivity index (χ0v) is 16.3. The van der Waals surface area contributed by atoms with Gasteiger partial charge in [-0.25, -0.2) is 4.79 Å². The molecule has 27 heavy (non-hydrogen) atoms. The number of piperazine rings is 1. The molecule has 150 valence electrons. The van der Waals surface area contributed by atoms with Crippen LogP contribution < -0.4 is 0 Å². The molecule has 1 fully saturated rings. The highest BCUT2D eigenvalue weighted by molar-refractivity contribution is 5.94. The Morgan fingerprint density at radius 2 is 1.85 bits per heavy atom. The molecule has 2 aliphatic rings. The van der Waals surface area contributed by atoms with E-state index >= 15 is 0 Å². The summed E-state index contributed by atoms with van der Waals surface area (Å²) in [6.07, 6.45) is 0.229. The first kappa shape index (κ1) is 19.6. The molecule has 2 N–H and O–H groups in total. The van der Waals surface area contributed by atoms with E-state index in [1.807, 2.05) is 25.7 Å². The first-order valence-corrected chi connectivity index (χ1v) is 9.45. The molecule has 1 aromatic heterocycles. The molecule has 0 unspecified atom stereocenters. The van der Waals surface area contributed by atoms with E-state index in [0.29, 0.717) is 44.8 Å². The van der Waals surface area contributed by atoms with Gasteiger partial charge in [-0.2, -0.15) is 5.10 Å². The third kappa shape index (κ3) is 4.59. The minimum Gasteiger partial charge on any atom is -0.444 e. The monoisotopic (exact) mass is 379 g/mol. The maximum absolute atomic E-state index is 12.9. The van der Waals surface area contributed by atoms with E-state index in [0.717, 1.165) is 24.3 Å². The summed E-state index contributed by atoms with van der Waals surface area (Å²) in [5, 5.41) is 16.2. The van der Waals surface area contributed by atoms with Gasteiger partial charge in [-0.15, -0.1) is 0 Å². The molecule has 0 aliphatic carbocycles. The first-order valence-electron chi connectivity index (χ1n) is 9.45. The quantitative estimate of drug-likeness (QED) is 0.791. The second-order valence-electron chi connectivity index (χ2n) is 8.04. The van der Waals surface area contributed by atoms with Crippen molar-refractivity contribution in [3.8, 4) is 0 Å². The Morgan fingerprint density at radius 1 is 1.15 bits per heavy atom. The number of carbonyl (C=O) groups is 2. The number of aromatic amines is 1. The predicted octanol–water partition coefficient (Wildman–Crippen LogP) is 0.453. The van der Waals surface area contributed by atoms with Gasteiger partial charge in [-0.3, -0.25) is 14.8 Å². The summed E-state index contributed by atoms with van der Waals surface area (Å²) < 4.78 is 5.43. The average molecular weight is 379 g/mol. The summed E-state index contributed by atoms with van der Waals surface area (Å²) in [6, 6.07) is 0. The van der Waals surface area contributed by atoms with Crippen LogP contribution in [0.5, 0.6) is 0 Å². The predicted molar refractivity (Wildman–Crippen MR) is 98.4 cm³/mol. The number of ether oxygens (including phenoxy) is 1. The Hall–Kier alpha value is -2.13. The smallest absolute Gasteiger partial charge is 0.410 e. The van der Waals surface area contributed by atoms with Crippen molar-refractivity contribution in [3.63, 3.8) is 0 Å². The summed E-state index contributed by atoms with van der Waals surface area (Å²) in [6.45, 7) is 9.94. The topological polar surface area (TPSA) is 102 Å². The van der Waals surface area contributed by atoms with Crippen LogP contribution in [0, 0.1) is 0 Å². The number of hydrogen-bond acceptors (Lipinski definition) is 6. The van der Waals surface area contributed by atoms with E-state index in [4.69, 9.17) is 9.84 Å². The zero-order chi connectivity index (χ0) is 19.6. The first-order chi connectivity index (χ1) is 12.8. The number of nitrogens with one attached hydrogen (secondary N) is 1. The SMILES string of the molecule is CC(C)(C)OC(=O)N1CCc2c(C(=O)N3CCN(CCO)CC3)n[nH]c2C1. The molecule has 1 aromatic rings. The Bertz CT molecular complexity index is 688. The molecule has 1 saturated heterocycles. The van der Waals surface area contributed by atoms with Crippen molar-refractivity contribution in [3.05, 3.63) is 17.0 Å². The van der Waals surface area contributed by atoms with E-state index in [9.17, 15) is 9.59 Å². The van der Waals surface area contributed by atoms with Gasteiger partial charge in [-0.1, -0.05) is 0 Å². The van der Waals surface area contributed by atoms with Gasteiger partial charge in [-0.05, 0) is 27.2 Å². The Labute approximate surface area is 159 Å². The zero-order valence-electron chi connectivity index (χ0n) is 16.3. The standard InChI is InChI=1S/C18H29N5O4/c1-18(2,3)27-17(26)23-5-4-13-14(12-23)19-20-15(13)16(25)22-8-6-21(7-9-22)10-11-24/h24H,4-12H2,1-3H3,(H,19,20). The van der Waals surface area contributed by atoms with Crippen molar-refractivity contribution < 1.29 is 19.4 Å². The van der Waals surface area contributed by atoms with Crippen LogP contribution in [0.3, 0.4) is 0 Å². The van der Waals surface area contributed by atoms with Crippen molar-refractivity contribution >= 4 is 12.0 Å². The molecule has 3 heterocycles. The largest absolute Gasteiger partial charge is 0.444 e. The average Bonchev–Trinajstić information content (AvgIpc) is 3.03. The molecule has 0 aromatic carbocycles. The van der Waals surface area contributed by atoms with Gasteiger partial charge in [0.15, 0.2) is 5.69 Å². The minimum atomic E-state index is -0.537. The fourth-order valence-electron chi connectivity index (χ4n) is 3.44. The van der Waals surface area contributed by atoms with Gasteiger partial charge in [0.2, 0.25) is 0 Å². The number of nitrogens with zero attached hydrogens (tertiary/aromatic N) is 4. The molecule has 0 atom stereocenters. The summed E-state index contributed by atoms with van der Waals surface area (Å²) >= 11 is 0. The lowest BCUT2D eigenvalue weighted by Crippen LogP contribution is -2.49. The Morgan fingerprint density at radius 3 is 2.48 bits per heavy atom.